The van der Waals surface area contributed by atoms with Crippen LogP contribution in [0.4, 0.5) is 0 Å². The zero-order valence-corrected chi connectivity index (χ0v) is 15.9. The summed E-state index contributed by atoms with van der Waals surface area (Å²) in [6.45, 7) is 0.363. The first-order chi connectivity index (χ1) is 13.6. The first-order valence-corrected chi connectivity index (χ1v) is 9.02. The average Bonchev–Trinajstić information content (AvgIpc) is 3.14. The zero-order valence-electron chi connectivity index (χ0n) is 15.1. The van der Waals surface area contributed by atoms with E-state index in [2.05, 4.69) is 10.1 Å². The van der Waals surface area contributed by atoms with Gasteiger partial charge in [-0.3, -0.25) is 19.0 Å². The van der Waals surface area contributed by atoms with E-state index in [1.54, 1.807) is 41.5 Å². The molecule has 0 spiro atoms. The third-order valence-electron chi connectivity index (χ3n) is 4.24. The van der Waals surface area contributed by atoms with E-state index < -0.39 is 0 Å². The molecule has 0 aliphatic rings. The van der Waals surface area contributed by atoms with Crippen LogP contribution in [0.25, 0.3) is 16.9 Å². The van der Waals surface area contributed by atoms with Gasteiger partial charge in [-0.05, 0) is 35.9 Å². The van der Waals surface area contributed by atoms with Crippen molar-refractivity contribution in [1.29, 1.82) is 0 Å². The summed E-state index contributed by atoms with van der Waals surface area (Å²) in [5, 5.41) is 4.82. The minimum absolute atomic E-state index is 0.190. The number of nitrogens with zero attached hydrogens (tertiary/aromatic N) is 4. The number of halogens is 1. The van der Waals surface area contributed by atoms with Crippen LogP contribution in [-0.4, -0.2) is 19.3 Å². The van der Waals surface area contributed by atoms with Crippen molar-refractivity contribution >= 4 is 11.6 Å². The second-order valence-corrected chi connectivity index (χ2v) is 6.73. The molecule has 6 nitrogen and oxygen atoms in total. The van der Waals surface area contributed by atoms with Gasteiger partial charge in [-0.1, -0.05) is 23.7 Å². The first-order valence-electron chi connectivity index (χ1n) is 8.64. The van der Waals surface area contributed by atoms with Crippen LogP contribution in [0.1, 0.15) is 5.56 Å². The van der Waals surface area contributed by atoms with Gasteiger partial charge in [-0.2, -0.15) is 5.10 Å². The summed E-state index contributed by atoms with van der Waals surface area (Å²) >= 11 is 5.88. The molecule has 0 fully saturated rings. The second kappa shape index (κ2) is 7.70. The Bertz CT molecular complexity index is 1150. The fraction of sp³-hybridized carbons (Fsp3) is 0.0952. The summed E-state index contributed by atoms with van der Waals surface area (Å²) in [6.07, 6.45) is 6.99. The highest BCUT2D eigenvalue weighted by Gasteiger charge is 2.06. The molecule has 1 aromatic carbocycles. The van der Waals surface area contributed by atoms with Gasteiger partial charge in [0.2, 0.25) is 0 Å². The van der Waals surface area contributed by atoms with Gasteiger partial charge in [-0.15, -0.1) is 0 Å². The Hall–Kier alpha value is -3.38. The van der Waals surface area contributed by atoms with Crippen molar-refractivity contribution in [3.05, 3.63) is 94.3 Å². The fourth-order valence-electron chi connectivity index (χ4n) is 2.76. The predicted molar refractivity (Wildman–Crippen MR) is 108 cm³/mol. The number of aromatic nitrogens is 4. The van der Waals surface area contributed by atoms with Gasteiger partial charge in [0, 0.05) is 36.1 Å². The molecule has 0 unspecified atom stereocenters. The SMILES string of the molecule is Cn1cc(-c2ccc(-n3ccc(OCc4ccc(Cl)cc4)cc3=O)cn2)cn1. The molecule has 4 rings (SSSR count). The van der Waals surface area contributed by atoms with Crippen LogP contribution >= 0.6 is 11.6 Å². The van der Waals surface area contributed by atoms with Crippen LogP contribution in [0.5, 0.6) is 5.75 Å². The van der Waals surface area contributed by atoms with Crippen LogP contribution < -0.4 is 10.3 Å². The van der Waals surface area contributed by atoms with Gasteiger partial charge in [0.05, 0.1) is 23.8 Å². The lowest BCUT2D eigenvalue weighted by Crippen LogP contribution is -2.16. The van der Waals surface area contributed by atoms with Crippen LogP contribution in [0.3, 0.4) is 0 Å². The van der Waals surface area contributed by atoms with Crippen molar-refractivity contribution in [2.45, 2.75) is 6.61 Å². The van der Waals surface area contributed by atoms with Crippen molar-refractivity contribution in [1.82, 2.24) is 19.3 Å². The lowest BCUT2D eigenvalue weighted by molar-refractivity contribution is 0.305. The number of rotatable bonds is 5. The van der Waals surface area contributed by atoms with Crippen molar-refractivity contribution in [2.24, 2.45) is 7.05 Å². The third-order valence-corrected chi connectivity index (χ3v) is 4.49. The van der Waals surface area contributed by atoms with Crippen molar-refractivity contribution in [2.75, 3.05) is 0 Å². The number of hydrogen-bond donors (Lipinski definition) is 0. The molecule has 140 valence electrons. The van der Waals surface area contributed by atoms with Gasteiger partial charge in [-0.25, -0.2) is 0 Å². The van der Waals surface area contributed by atoms with E-state index in [4.69, 9.17) is 16.3 Å². The predicted octanol–water partition coefficient (Wildman–Crippen LogP) is 3.87. The molecular formula is C21H17ClN4O2. The average molecular weight is 393 g/mol. The maximum Gasteiger partial charge on any atom is 0.258 e. The molecule has 0 saturated carbocycles. The molecule has 0 saturated heterocycles. The molecule has 4 aromatic rings. The standard InChI is InChI=1S/C21H17ClN4O2/c1-25-13-16(11-24-25)20-7-6-18(12-23-20)26-9-8-19(10-21(26)27)28-14-15-2-4-17(22)5-3-15/h2-13H,14H2,1H3. The highest BCUT2D eigenvalue weighted by molar-refractivity contribution is 6.30. The van der Waals surface area contributed by atoms with Crippen molar-refractivity contribution in [3.8, 4) is 22.7 Å². The molecule has 3 heterocycles. The van der Waals surface area contributed by atoms with E-state index in [0.717, 1.165) is 16.8 Å². The summed E-state index contributed by atoms with van der Waals surface area (Å²) in [7, 11) is 1.86. The molecular weight excluding hydrogens is 376 g/mol. The Morgan fingerprint density at radius 1 is 1.07 bits per heavy atom. The highest BCUT2D eigenvalue weighted by atomic mass is 35.5. The largest absolute Gasteiger partial charge is 0.489 e. The Labute approximate surface area is 166 Å². The fourth-order valence-corrected chi connectivity index (χ4v) is 2.89. The summed E-state index contributed by atoms with van der Waals surface area (Å²) < 4.78 is 8.94. The van der Waals surface area contributed by atoms with Gasteiger partial charge in [0.25, 0.3) is 5.56 Å². The van der Waals surface area contributed by atoms with E-state index in [-0.39, 0.29) is 5.56 Å². The minimum atomic E-state index is -0.190. The number of ether oxygens (including phenoxy) is 1. The molecule has 0 N–H and O–H groups in total. The van der Waals surface area contributed by atoms with Crippen LogP contribution in [0.2, 0.25) is 5.02 Å². The number of aryl methyl sites for hydroxylation is 1. The summed E-state index contributed by atoms with van der Waals surface area (Å²) in [5.74, 6) is 0.510. The minimum Gasteiger partial charge on any atom is -0.489 e. The van der Waals surface area contributed by atoms with Gasteiger partial charge in [0.15, 0.2) is 0 Å². The van der Waals surface area contributed by atoms with Gasteiger partial charge < -0.3 is 4.74 Å². The van der Waals surface area contributed by atoms with Crippen LogP contribution in [0, 0.1) is 0 Å². The molecule has 0 aliphatic carbocycles. The van der Waals surface area contributed by atoms with E-state index in [1.807, 2.05) is 37.5 Å². The quantitative estimate of drug-likeness (QED) is 0.517. The number of pyridine rings is 2. The summed E-state index contributed by atoms with van der Waals surface area (Å²) in [6, 6.07) is 14.3. The normalized spacial score (nSPS) is 10.8. The Kier molecular flexibility index (Phi) is 4.95. The Morgan fingerprint density at radius 3 is 2.54 bits per heavy atom. The van der Waals surface area contributed by atoms with E-state index in [9.17, 15) is 4.79 Å². The summed E-state index contributed by atoms with van der Waals surface area (Å²) in [5.41, 5.74) is 3.19. The molecule has 0 bridgehead atoms. The topological polar surface area (TPSA) is 61.9 Å². The smallest absolute Gasteiger partial charge is 0.258 e. The molecule has 0 atom stereocenters. The molecule has 0 radical (unpaired) electrons. The third kappa shape index (κ3) is 3.97. The molecule has 7 heteroatoms. The highest BCUT2D eigenvalue weighted by Crippen LogP contribution is 2.18. The molecule has 3 aromatic heterocycles. The van der Waals surface area contributed by atoms with E-state index in [1.165, 1.54) is 10.6 Å². The molecule has 0 amide bonds. The molecule has 0 aliphatic heterocycles. The lowest BCUT2D eigenvalue weighted by Gasteiger charge is -2.09. The van der Waals surface area contributed by atoms with Gasteiger partial charge >= 0.3 is 0 Å². The molecule has 28 heavy (non-hydrogen) atoms. The van der Waals surface area contributed by atoms with Crippen molar-refractivity contribution < 1.29 is 4.74 Å². The monoisotopic (exact) mass is 392 g/mol. The van der Waals surface area contributed by atoms with E-state index >= 15 is 0 Å². The first kappa shape index (κ1) is 18.0. The van der Waals surface area contributed by atoms with E-state index in [0.29, 0.717) is 23.1 Å². The maximum absolute atomic E-state index is 12.5. The Morgan fingerprint density at radius 2 is 1.89 bits per heavy atom. The summed E-state index contributed by atoms with van der Waals surface area (Å²) in [4.78, 5) is 16.9. The van der Waals surface area contributed by atoms with Gasteiger partial charge in [0.1, 0.15) is 12.4 Å². The second-order valence-electron chi connectivity index (χ2n) is 6.29. The zero-order chi connectivity index (χ0) is 19.5. The maximum atomic E-state index is 12.5. The lowest BCUT2D eigenvalue weighted by atomic mass is 10.2. The number of hydrogen-bond acceptors (Lipinski definition) is 4. The number of benzene rings is 1. The van der Waals surface area contributed by atoms with Crippen molar-refractivity contribution in [3.63, 3.8) is 0 Å². The van der Waals surface area contributed by atoms with Crippen LogP contribution in [-0.2, 0) is 13.7 Å². The Balaban J connectivity index is 1.49. The van der Waals surface area contributed by atoms with Crippen LogP contribution in [0.15, 0.2) is 78.1 Å².